The molecule has 0 aliphatic carbocycles. The van der Waals surface area contributed by atoms with Crippen LogP contribution in [0.3, 0.4) is 0 Å². The molecule has 6 nitrogen and oxygen atoms in total. The summed E-state index contributed by atoms with van der Waals surface area (Å²) in [6.07, 6.45) is -4.91. The molecule has 0 amide bonds. The number of fused-ring (bicyclic) bond motifs is 1. The molecule has 2 aliphatic rings. The van der Waals surface area contributed by atoms with Crippen LogP contribution >= 0.6 is 0 Å². The highest BCUT2D eigenvalue weighted by molar-refractivity contribution is 5.67. The molecule has 2 fully saturated rings. The summed E-state index contributed by atoms with van der Waals surface area (Å²) in [7, 11) is 0. The maximum atomic E-state index is 13.4. The molecule has 0 bridgehead atoms. The molecule has 0 saturated carbocycles. The molecule has 0 radical (unpaired) electrons. The predicted molar refractivity (Wildman–Crippen MR) is 50.6 cm³/mol. The van der Waals surface area contributed by atoms with Crippen molar-refractivity contribution in [1.29, 1.82) is 0 Å². The van der Waals surface area contributed by atoms with Gasteiger partial charge in [-0.25, -0.2) is 4.39 Å². The van der Waals surface area contributed by atoms with Crippen molar-refractivity contribution in [2.45, 2.75) is 44.6 Å². The van der Waals surface area contributed by atoms with Gasteiger partial charge in [-0.2, -0.15) is 0 Å². The predicted octanol–water partition coefficient (Wildman–Crippen LogP) is -0.0570. The Labute approximate surface area is 97.0 Å². The highest BCUT2D eigenvalue weighted by Crippen LogP contribution is 2.35. The van der Waals surface area contributed by atoms with Gasteiger partial charge in [-0.1, -0.05) is 0 Å². The quantitative estimate of drug-likeness (QED) is 0.638. The van der Waals surface area contributed by atoms with E-state index in [4.69, 9.17) is 18.9 Å². The fraction of sp³-hybridized carbons (Fsp3) is 0.800. The van der Waals surface area contributed by atoms with Gasteiger partial charge in [0.05, 0.1) is 6.61 Å². The first-order valence-corrected chi connectivity index (χ1v) is 5.24. The molecule has 0 N–H and O–H groups in total. The lowest BCUT2D eigenvalue weighted by atomic mass is 10.1. The number of hydrogen-bond acceptors (Lipinski definition) is 6. The van der Waals surface area contributed by atoms with E-state index in [2.05, 4.69) is 0 Å². The maximum absolute atomic E-state index is 13.4. The minimum atomic E-state index is -1.31. The van der Waals surface area contributed by atoms with Crippen LogP contribution in [0.5, 0.6) is 0 Å². The minimum Gasteiger partial charge on any atom is -0.453 e. The van der Waals surface area contributed by atoms with Crippen molar-refractivity contribution in [2.24, 2.45) is 0 Å². The molecule has 5 atom stereocenters. The van der Waals surface area contributed by atoms with Gasteiger partial charge in [0, 0.05) is 13.8 Å². The van der Waals surface area contributed by atoms with E-state index in [0.717, 1.165) is 0 Å². The van der Waals surface area contributed by atoms with Crippen molar-refractivity contribution in [2.75, 3.05) is 6.61 Å². The lowest BCUT2D eigenvalue weighted by Crippen LogP contribution is -2.38. The van der Waals surface area contributed by atoms with Crippen molar-refractivity contribution >= 4 is 11.9 Å². The lowest BCUT2D eigenvalue weighted by molar-refractivity contribution is -0.200. The standard InChI is InChI=1S/C10H13FO6/c1-4(12)15-9-8-7(6(11)3-14-8)17-10(9)16-5(2)13/h6-10H,3H2,1-2H3/t6-,7+,8-,9+,10+/m0/s1. The molecule has 2 heterocycles. The van der Waals surface area contributed by atoms with Crippen LogP contribution in [0.4, 0.5) is 4.39 Å². The summed E-state index contributed by atoms with van der Waals surface area (Å²) < 4.78 is 33.5. The first kappa shape index (κ1) is 12.3. The van der Waals surface area contributed by atoms with Gasteiger partial charge in [0.15, 0.2) is 12.3 Å². The van der Waals surface area contributed by atoms with E-state index in [9.17, 15) is 14.0 Å². The van der Waals surface area contributed by atoms with Crippen molar-refractivity contribution < 1.29 is 32.9 Å². The number of esters is 2. The van der Waals surface area contributed by atoms with Crippen molar-refractivity contribution in [3.63, 3.8) is 0 Å². The number of carbonyl (C=O) groups is 2. The van der Waals surface area contributed by atoms with Crippen LogP contribution < -0.4 is 0 Å². The first-order valence-electron chi connectivity index (χ1n) is 5.24. The fourth-order valence-corrected chi connectivity index (χ4v) is 2.00. The van der Waals surface area contributed by atoms with Crippen LogP contribution in [0.25, 0.3) is 0 Å². The van der Waals surface area contributed by atoms with Crippen LogP contribution in [0.15, 0.2) is 0 Å². The van der Waals surface area contributed by atoms with E-state index in [1.54, 1.807) is 0 Å². The smallest absolute Gasteiger partial charge is 0.305 e. The zero-order chi connectivity index (χ0) is 12.6. The highest BCUT2D eigenvalue weighted by atomic mass is 19.1. The van der Waals surface area contributed by atoms with Crippen LogP contribution in [0.1, 0.15) is 13.8 Å². The molecule has 0 spiro atoms. The molecule has 2 saturated heterocycles. The second-order valence-electron chi connectivity index (χ2n) is 3.97. The Kier molecular flexibility index (Phi) is 3.30. The van der Waals surface area contributed by atoms with E-state index in [0.29, 0.717) is 0 Å². The van der Waals surface area contributed by atoms with Gasteiger partial charge in [-0.05, 0) is 0 Å². The SMILES string of the molecule is CC(=O)O[C@@H]1O[C@H]2[C@H](OC[C@@H]2F)[C@H]1OC(C)=O. The third kappa shape index (κ3) is 2.39. The third-order valence-electron chi connectivity index (χ3n) is 2.60. The zero-order valence-corrected chi connectivity index (χ0v) is 9.42. The van der Waals surface area contributed by atoms with Gasteiger partial charge >= 0.3 is 11.9 Å². The van der Waals surface area contributed by atoms with E-state index < -0.39 is 42.7 Å². The number of hydrogen-bond donors (Lipinski definition) is 0. The molecular weight excluding hydrogens is 235 g/mol. The average Bonchev–Trinajstić information content (AvgIpc) is 2.69. The highest BCUT2D eigenvalue weighted by Gasteiger charge is 2.56. The summed E-state index contributed by atoms with van der Waals surface area (Å²) in [6.45, 7) is 2.29. The lowest BCUT2D eigenvalue weighted by Gasteiger charge is -2.20. The number of rotatable bonds is 2. The monoisotopic (exact) mass is 248 g/mol. The van der Waals surface area contributed by atoms with E-state index in [1.807, 2.05) is 0 Å². The third-order valence-corrected chi connectivity index (χ3v) is 2.60. The molecule has 2 aliphatic heterocycles. The van der Waals surface area contributed by atoms with E-state index >= 15 is 0 Å². The number of alkyl halides is 1. The minimum absolute atomic E-state index is 0.111. The number of ether oxygens (including phenoxy) is 4. The molecule has 17 heavy (non-hydrogen) atoms. The van der Waals surface area contributed by atoms with Crippen LogP contribution in [0.2, 0.25) is 0 Å². The molecular formula is C10H13FO6. The molecule has 0 unspecified atom stereocenters. The zero-order valence-electron chi connectivity index (χ0n) is 9.42. The molecule has 0 aromatic carbocycles. The average molecular weight is 248 g/mol. The fourth-order valence-electron chi connectivity index (χ4n) is 2.00. The van der Waals surface area contributed by atoms with E-state index in [1.165, 1.54) is 13.8 Å². The molecule has 96 valence electrons. The van der Waals surface area contributed by atoms with Crippen LogP contribution in [0, 0.1) is 0 Å². The van der Waals surface area contributed by atoms with Gasteiger partial charge < -0.3 is 18.9 Å². The van der Waals surface area contributed by atoms with E-state index in [-0.39, 0.29) is 6.61 Å². The van der Waals surface area contributed by atoms with Gasteiger partial charge in [0.2, 0.25) is 6.29 Å². The van der Waals surface area contributed by atoms with Crippen LogP contribution in [-0.4, -0.2) is 49.3 Å². The Bertz CT molecular complexity index is 333. The van der Waals surface area contributed by atoms with Crippen molar-refractivity contribution in [3.8, 4) is 0 Å². The molecule has 0 aromatic heterocycles. The summed E-state index contributed by atoms with van der Waals surface area (Å²) in [4.78, 5) is 21.8. The summed E-state index contributed by atoms with van der Waals surface area (Å²) in [6, 6.07) is 0. The Balaban J connectivity index is 2.10. The number of carbonyl (C=O) groups excluding carboxylic acids is 2. The largest absolute Gasteiger partial charge is 0.453 e. The first-order chi connectivity index (χ1) is 7.99. The molecule has 2 rings (SSSR count). The maximum Gasteiger partial charge on any atom is 0.305 e. The Morgan fingerprint density at radius 3 is 2.41 bits per heavy atom. The van der Waals surface area contributed by atoms with Gasteiger partial charge in [0.1, 0.15) is 12.2 Å². The Hall–Kier alpha value is -1.21. The van der Waals surface area contributed by atoms with Gasteiger partial charge in [-0.15, -0.1) is 0 Å². The Morgan fingerprint density at radius 1 is 1.18 bits per heavy atom. The summed E-state index contributed by atoms with van der Waals surface area (Å²) in [5.41, 5.74) is 0. The van der Waals surface area contributed by atoms with Crippen molar-refractivity contribution in [3.05, 3.63) is 0 Å². The van der Waals surface area contributed by atoms with Crippen molar-refractivity contribution in [1.82, 2.24) is 0 Å². The van der Waals surface area contributed by atoms with Gasteiger partial charge in [0.25, 0.3) is 0 Å². The normalized spacial score (nSPS) is 39.8. The second-order valence-corrected chi connectivity index (χ2v) is 3.97. The summed E-state index contributed by atoms with van der Waals surface area (Å²) in [5, 5.41) is 0. The summed E-state index contributed by atoms with van der Waals surface area (Å²) >= 11 is 0. The summed E-state index contributed by atoms with van der Waals surface area (Å²) in [5.74, 6) is -1.16. The van der Waals surface area contributed by atoms with Crippen LogP contribution in [-0.2, 0) is 28.5 Å². The second kappa shape index (κ2) is 4.58. The number of halogens is 1. The van der Waals surface area contributed by atoms with Gasteiger partial charge in [-0.3, -0.25) is 9.59 Å². The Morgan fingerprint density at radius 2 is 1.82 bits per heavy atom. The molecule has 7 heteroatoms. The topological polar surface area (TPSA) is 71.1 Å². The molecule has 0 aromatic rings.